The zero-order chi connectivity index (χ0) is 13.5. The summed E-state index contributed by atoms with van der Waals surface area (Å²) in [6.07, 6.45) is 8.45. The van der Waals surface area contributed by atoms with Gasteiger partial charge in [0.05, 0.1) is 5.60 Å². The highest BCUT2D eigenvalue weighted by molar-refractivity contribution is 5.25. The zero-order valence-corrected chi connectivity index (χ0v) is 11.1. The first-order valence-corrected chi connectivity index (χ1v) is 7.21. The van der Waals surface area contributed by atoms with Gasteiger partial charge < -0.3 is 5.11 Å². The molecule has 1 nitrogen and oxygen atoms in total. The van der Waals surface area contributed by atoms with E-state index >= 15 is 0 Å². The number of rotatable bonds is 1. The van der Waals surface area contributed by atoms with Gasteiger partial charge >= 0.3 is 0 Å². The van der Waals surface area contributed by atoms with Gasteiger partial charge in [-0.25, -0.2) is 8.78 Å². The average Bonchev–Trinajstić information content (AvgIpc) is 2.86. The van der Waals surface area contributed by atoms with Gasteiger partial charge in [-0.05, 0) is 61.6 Å². The van der Waals surface area contributed by atoms with Crippen LogP contribution in [0.1, 0.15) is 56.9 Å². The van der Waals surface area contributed by atoms with Crippen molar-refractivity contribution in [2.24, 2.45) is 5.41 Å². The molecule has 1 aromatic carbocycles. The van der Waals surface area contributed by atoms with Gasteiger partial charge in [0, 0.05) is 0 Å². The topological polar surface area (TPSA) is 20.2 Å². The molecule has 1 spiro atoms. The van der Waals surface area contributed by atoms with E-state index < -0.39 is 17.2 Å². The molecule has 2 aliphatic rings. The van der Waals surface area contributed by atoms with Crippen LogP contribution in [0.25, 0.3) is 0 Å². The number of aliphatic hydroxyl groups is 1. The summed E-state index contributed by atoms with van der Waals surface area (Å²) in [7, 11) is 0. The molecule has 2 aliphatic carbocycles. The second kappa shape index (κ2) is 4.55. The molecule has 0 aliphatic heterocycles. The van der Waals surface area contributed by atoms with E-state index in [9.17, 15) is 13.9 Å². The summed E-state index contributed by atoms with van der Waals surface area (Å²) in [6.45, 7) is 0. The highest BCUT2D eigenvalue weighted by Crippen LogP contribution is 2.53. The van der Waals surface area contributed by atoms with Crippen molar-refractivity contribution >= 4 is 0 Å². The molecule has 2 saturated carbocycles. The molecule has 3 rings (SSSR count). The Labute approximate surface area is 112 Å². The first-order valence-electron chi connectivity index (χ1n) is 7.21. The molecule has 3 heteroatoms. The van der Waals surface area contributed by atoms with Crippen LogP contribution in [0.2, 0.25) is 0 Å². The van der Waals surface area contributed by atoms with Crippen LogP contribution >= 0.6 is 0 Å². The summed E-state index contributed by atoms with van der Waals surface area (Å²) in [5.74, 6) is -1.72. The largest absolute Gasteiger partial charge is 0.385 e. The molecule has 0 atom stereocenters. The van der Waals surface area contributed by atoms with Crippen LogP contribution in [-0.2, 0) is 5.60 Å². The fourth-order valence-corrected chi connectivity index (χ4v) is 3.89. The van der Waals surface area contributed by atoms with E-state index in [1.54, 1.807) is 0 Å². The average molecular weight is 266 g/mol. The maximum Gasteiger partial charge on any atom is 0.159 e. The highest BCUT2D eigenvalue weighted by Gasteiger charge is 2.43. The minimum absolute atomic E-state index is 0.421. The Morgan fingerprint density at radius 3 is 2.05 bits per heavy atom. The number of halogens is 2. The minimum Gasteiger partial charge on any atom is -0.385 e. The van der Waals surface area contributed by atoms with Gasteiger partial charge in [0.1, 0.15) is 0 Å². The maximum atomic E-state index is 13.3. The van der Waals surface area contributed by atoms with Crippen molar-refractivity contribution < 1.29 is 13.9 Å². The minimum atomic E-state index is -0.970. The van der Waals surface area contributed by atoms with Gasteiger partial charge in [0.15, 0.2) is 11.6 Å². The summed E-state index contributed by atoms with van der Waals surface area (Å²) in [6, 6.07) is 3.79. The molecule has 0 unspecified atom stereocenters. The molecule has 19 heavy (non-hydrogen) atoms. The maximum absolute atomic E-state index is 13.3. The number of benzene rings is 1. The van der Waals surface area contributed by atoms with E-state index in [0.717, 1.165) is 25.0 Å². The summed E-state index contributed by atoms with van der Waals surface area (Å²) < 4.78 is 26.3. The Morgan fingerprint density at radius 1 is 0.842 bits per heavy atom. The molecule has 0 amide bonds. The van der Waals surface area contributed by atoms with E-state index in [0.29, 0.717) is 23.8 Å². The Hall–Kier alpha value is -0.960. The first-order chi connectivity index (χ1) is 9.03. The monoisotopic (exact) mass is 266 g/mol. The van der Waals surface area contributed by atoms with Gasteiger partial charge in [-0.15, -0.1) is 0 Å². The second-order valence-corrected chi connectivity index (χ2v) is 6.37. The van der Waals surface area contributed by atoms with Crippen LogP contribution in [0.3, 0.4) is 0 Å². The molecule has 0 heterocycles. The lowest BCUT2D eigenvalue weighted by atomic mass is 9.66. The molecule has 0 radical (unpaired) electrons. The van der Waals surface area contributed by atoms with E-state index in [1.165, 1.54) is 31.7 Å². The molecule has 0 saturated heterocycles. The van der Waals surface area contributed by atoms with E-state index in [2.05, 4.69) is 0 Å². The molecule has 104 valence electrons. The van der Waals surface area contributed by atoms with Crippen LogP contribution in [0.5, 0.6) is 0 Å². The third-order valence-electron chi connectivity index (χ3n) is 5.26. The standard InChI is InChI=1S/C16H20F2O/c17-13-4-3-12(11-14(13)18)16(19)9-7-15(8-10-16)5-1-2-6-15/h3-4,11,19H,1-2,5-10H2. The fraction of sp³-hybridized carbons (Fsp3) is 0.625. The Morgan fingerprint density at radius 2 is 1.47 bits per heavy atom. The van der Waals surface area contributed by atoms with Gasteiger partial charge in [-0.2, -0.15) is 0 Å². The van der Waals surface area contributed by atoms with Gasteiger partial charge in [-0.3, -0.25) is 0 Å². The highest BCUT2D eigenvalue weighted by atomic mass is 19.2. The number of hydrogen-bond acceptors (Lipinski definition) is 1. The zero-order valence-electron chi connectivity index (χ0n) is 11.1. The second-order valence-electron chi connectivity index (χ2n) is 6.37. The van der Waals surface area contributed by atoms with Crippen molar-refractivity contribution in [3.63, 3.8) is 0 Å². The third-order valence-corrected chi connectivity index (χ3v) is 5.26. The Bertz CT molecular complexity index is 468. The van der Waals surface area contributed by atoms with Crippen molar-refractivity contribution in [1.29, 1.82) is 0 Å². The van der Waals surface area contributed by atoms with Crippen LogP contribution in [-0.4, -0.2) is 5.11 Å². The molecular weight excluding hydrogens is 246 g/mol. The lowest BCUT2D eigenvalue weighted by Crippen LogP contribution is -2.36. The van der Waals surface area contributed by atoms with Gasteiger partial charge in [-0.1, -0.05) is 18.9 Å². The van der Waals surface area contributed by atoms with Crippen molar-refractivity contribution in [2.45, 2.75) is 57.0 Å². The molecule has 2 fully saturated rings. The van der Waals surface area contributed by atoms with E-state index in [-0.39, 0.29) is 0 Å². The van der Waals surface area contributed by atoms with Gasteiger partial charge in [0.2, 0.25) is 0 Å². The predicted molar refractivity (Wildman–Crippen MR) is 69.6 cm³/mol. The van der Waals surface area contributed by atoms with E-state index in [1.807, 2.05) is 0 Å². The summed E-state index contributed by atoms with van der Waals surface area (Å²) in [5, 5.41) is 10.7. The normalized spacial score (nSPS) is 24.8. The Balaban J connectivity index is 1.79. The van der Waals surface area contributed by atoms with E-state index in [4.69, 9.17) is 0 Å². The third kappa shape index (κ3) is 2.29. The summed E-state index contributed by atoms with van der Waals surface area (Å²) >= 11 is 0. The predicted octanol–water partition coefficient (Wildman–Crippen LogP) is 4.29. The Kier molecular flexibility index (Phi) is 3.12. The van der Waals surface area contributed by atoms with Crippen LogP contribution in [0.4, 0.5) is 8.78 Å². The summed E-state index contributed by atoms with van der Waals surface area (Å²) in [4.78, 5) is 0. The lowest BCUT2D eigenvalue weighted by Gasteiger charge is -2.42. The smallest absolute Gasteiger partial charge is 0.159 e. The lowest BCUT2D eigenvalue weighted by molar-refractivity contribution is -0.0378. The first kappa shape index (κ1) is 13.0. The molecule has 0 aromatic heterocycles. The molecular formula is C16H20F2O. The van der Waals surface area contributed by atoms with Crippen molar-refractivity contribution in [3.8, 4) is 0 Å². The molecule has 1 N–H and O–H groups in total. The van der Waals surface area contributed by atoms with Crippen molar-refractivity contribution in [2.75, 3.05) is 0 Å². The van der Waals surface area contributed by atoms with Crippen LogP contribution < -0.4 is 0 Å². The van der Waals surface area contributed by atoms with Crippen molar-refractivity contribution in [1.82, 2.24) is 0 Å². The quantitative estimate of drug-likeness (QED) is 0.804. The van der Waals surface area contributed by atoms with Crippen molar-refractivity contribution in [3.05, 3.63) is 35.4 Å². The van der Waals surface area contributed by atoms with Crippen LogP contribution in [0.15, 0.2) is 18.2 Å². The molecule has 0 bridgehead atoms. The fourth-order valence-electron chi connectivity index (χ4n) is 3.89. The number of hydrogen-bond donors (Lipinski definition) is 1. The summed E-state index contributed by atoms with van der Waals surface area (Å²) in [5.41, 5.74) is -0.0213. The van der Waals surface area contributed by atoms with Crippen LogP contribution in [0, 0.1) is 17.0 Å². The SMILES string of the molecule is OC1(c2ccc(F)c(F)c2)CCC2(CCCC2)CC1. The molecule has 1 aromatic rings. The van der Waals surface area contributed by atoms with Gasteiger partial charge in [0.25, 0.3) is 0 Å².